The van der Waals surface area contributed by atoms with Gasteiger partial charge in [0.2, 0.25) is 5.91 Å². The average Bonchev–Trinajstić information content (AvgIpc) is 3.13. The van der Waals surface area contributed by atoms with E-state index in [1.54, 1.807) is 0 Å². The number of rotatable bonds is 10. The van der Waals surface area contributed by atoms with Crippen LogP contribution >= 0.6 is 0 Å². The van der Waals surface area contributed by atoms with E-state index in [1.165, 1.54) is 0 Å². The van der Waals surface area contributed by atoms with E-state index in [-0.39, 0.29) is 18.1 Å². The Balaban J connectivity index is 2.36. The van der Waals surface area contributed by atoms with E-state index in [2.05, 4.69) is 38.3 Å². The van der Waals surface area contributed by atoms with Gasteiger partial charge in [0.15, 0.2) is 6.10 Å². The standard InChI is InChI=1S/C15H28N2O4/c1-9(2)5-6-16-14(18)11(7-10(3)4)17-8-12-13(21-12)15(19)20/h9-13,17H,5-8H2,1-4H3,(H,16,18)(H,19,20)/t11-,12-,13-/m0/s1. The maximum Gasteiger partial charge on any atom is 0.335 e. The Hall–Kier alpha value is -1.14. The molecule has 6 heteroatoms. The summed E-state index contributed by atoms with van der Waals surface area (Å²) in [6.07, 6.45) is 0.632. The number of aliphatic carboxylic acids is 1. The minimum Gasteiger partial charge on any atom is -0.479 e. The summed E-state index contributed by atoms with van der Waals surface area (Å²) >= 11 is 0. The van der Waals surface area contributed by atoms with Gasteiger partial charge in [-0.05, 0) is 24.7 Å². The number of carbonyl (C=O) groups is 2. The first-order valence-electron chi connectivity index (χ1n) is 7.70. The summed E-state index contributed by atoms with van der Waals surface area (Å²) in [4.78, 5) is 22.9. The highest BCUT2D eigenvalue weighted by molar-refractivity contribution is 5.81. The molecule has 0 bridgehead atoms. The molecule has 0 saturated carbocycles. The molecule has 1 aliphatic rings. The van der Waals surface area contributed by atoms with E-state index < -0.39 is 12.1 Å². The van der Waals surface area contributed by atoms with Crippen molar-refractivity contribution in [3.05, 3.63) is 0 Å². The normalized spacial score (nSPS) is 22.4. The number of carboxylic acids is 1. The maximum atomic E-state index is 12.2. The number of hydrogen-bond donors (Lipinski definition) is 3. The van der Waals surface area contributed by atoms with Crippen LogP contribution in [0.5, 0.6) is 0 Å². The van der Waals surface area contributed by atoms with Crippen molar-refractivity contribution in [3.8, 4) is 0 Å². The van der Waals surface area contributed by atoms with Crippen LogP contribution in [-0.4, -0.2) is 48.3 Å². The van der Waals surface area contributed by atoms with Crippen LogP contribution in [0, 0.1) is 11.8 Å². The van der Waals surface area contributed by atoms with Gasteiger partial charge in [-0.2, -0.15) is 0 Å². The Morgan fingerprint density at radius 2 is 1.86 bits per heavy atom. The first kappa shape index (κ1) is 17.9. The van der Waals surface area contributed by atoms with Gasteiger partial charge < -0.3 is 20.5 Å². The van der Waals surface area contributed by atoms with E-state index >= 15 is 0 Å². The predicted molar refractivity (Wildman–Crippen MR) is 80.0 cm³/mol. The molecule has 3 N–H and O–H groups in total. The number of amides is 1. The average molecular weight is 300 g/mol. The van der Waals surface area contributed by atoms with Crippen molar-refractivity contribution in [2.75, 3.05) is 13.1 Å². The summed E-state index contributed by atoms with van der Waals surface area (Å²) < 4.78 is 5.03. The van der Waals surface area contributed by atoms with Gasteiger partial charge in [0, 0.05) is 13.1 Å². The first-order valence-corrected chi connectivity index (χ1v) is 7.70. The molecule has 0 unspecified atom stereocenters. The highest BCUT2D eigenvalue weighted by Crippen LogP contribution is 2.21. The molecule has 122 valence electrons. The van der Waals surface area contributed by atoms with E-state index in [4.69, 9.17) is 9.84 Å². The Kier molecular flexibility index (Phi) is 7.11. The third-order valence-corrected chi connectivity index (χ3v) is 3.44. The fraction of sp³-hybridized carbons (Fsp3) is 0.867. The summed E-state index contributed by atoms with van der Waals surface area (Å²) in [6, 6.07) is -0.296. The molecule has 1 saturated heterocycles. The van der Waals surface area contributed by atoms with Crippen LogP contribution in [0.2, 0.25) is 0 Å². The number of carbonyl (C=O) groups excluding carboxylic acids is 1. The maximum absolute atomic E-state index is 12.2. The van der Waals surface area contributed by atoms with Crippen molar-refractivity contribution in [1.29, 1.82) is 0 Å². The minimum atomic E-state index is -0.941. The molecule has 0 spiro atoms. The fourth-order valence-electron chi connectivity index (χ4n) is 2.14. The van der Waals surface area contributed by atoms with Gasteiger partial charge in [-0.15, -0.1) is 0 Å². The summed E-state index contributed by atoms with van der Waals surface area (Å²) in [7, 11) is 0. The largest absolute Gasteiger partial charge is 0.479 e. The van der Waals surface area contributed by atoms with Crippen LogP contribution < -0.4 is 10.6 Å². The molecule has 1 aliphatic heterocycles. The Morgan fingerprint density at radius 3 is 2.33 bits per heavy atom. The van der Waals surface area contributed by atoms with E-state index in [0.717, 1.165) is 12.8 Å². The number of hydrogen-bond acceptors (Lipinski definition) is 4. The molecule has 3 atom stereocenters. The summed E-state index contributed by atoms with van der Waals surface area (Å²) in [5.74, 6) is -0.0211. The van der Waals surface area contributed by atoms with Gasteiger partial charge in [0.05, 0.1) is 6.04 Å². The summed E-state index contributed by atoms with van der Waals surface area (Å²) in [5, 5.41) is 14.9. The van der Waals surface area contributed by atoms with Gasteiger partial charge in [-0.25, -0.2) is 4.79 Å². The molecule has 0 aromatic heterocycles. The topological polar surface area (TPSA) is 91.0 Å². The quantitative estimate of drug-likeness (QED) is 0.524. The zero-order chi connectivity index (χ0) is 16.0. The third kappa shape index (κ3) is 6.91. The van der Waals surface area contributed by atoms with E-state index in [0.29, 0.717) is 24.9 Å². The van der Waals surface area contributed by atoms with Gasteiger partial charge in [0.1, 0.15) is 6.10 Å². The first-order chi connectivity index (χ1) is 9.81. The van der Waals surface area contributed by atoms with E-state index in [1.807, 2.05) is 0 Å². The fourth-order valence-corrected chi connectivity index (χ4v) is 2.14. The second kappa shape index (κ2) is 8.34. The SMILES string of the molecule is CC(C)CCNC(=O)[C@H](CC(C)C)NC[C@@H]1O[C@@H]1C(=O)O. The number of carboxylic acid groups (broad SMARTS) is 1. The molecular weight excluding hydrogens is 272 g/mol. The van der Waals surface area contributed by atoms with Crippen molar-refractivity contribution < 1.29 is 19.4 Å². The van der Waals surface area contributed by atoms with Crippen LogP contribution in [0.1, 0.15) is 40.5 Å². The van der Waals surface area contributed by atoms with Crippen LogP contribution in [-0.2, 0) is 14.3 Å². The third-order valence-electron chi connectivity index (χ3n) is 3.44. The second-order valence-corrected chi connectivity index (χ2v) is 6.50. The molecule has 1 heterocycles. The lowest BCUT2D eigenvalue weighted by Gasteiger charge is -2.20. The second-order valence-electron chi connectivity index (χ2n) is 6.50. The molecule has 0 aliphatic carbocycles. The van der Waals surface area contributed by atoms with E-state index in [9.17, 15) is 9.59 Å². The van der Waals surface area contributed by atoms with Gasteiger partial charge in [-0.3, -0.25) is 4.79 Å². The van der Waals surface area contributed by atoms with Crippen LogP contribution in [0.3, 0.4) is 0 Å². The molecule has 0 aromatic carbocycles. The Morgan fingerprint density at radius 1 is 1.19 bits per heavy atom. The molecule has 1 rings (SSSR count). The summed E-state index contributed by atoms with van der Waals surface area (Å²) in [6.45, 7) is 9.42. The van der Waals surface area contributed by atoms with Crippen molar-refractivity contribution in [2.24, 2.45) is 11.8 Å². The zero-order valence-corrected chi connectivity index (χ0v) is 13.4. The van der Waals surface area contributed by atoms with Crippen molar-refractivity contribution >= 4 is 11.9 Å². The van der Waals surface area contributed by atoms with Crippen LogP contribution in [0.4, 0.5) is 0 Å². The van der Waals surface area contributed by atoms with Gasteiger partial charge in [0.25, 0.3) is 0 Å². The van der Waals surface area contributed by atoms with Crippen molar-refractivity contribution in [1.82, 2.24) is 10.6 Å². The summed E-state index contributed by atoms with van der Waals surface area (Å²) in [5.41, 5.74) is 0. The molecule has 0 radical (unpaired) electrons. The Bertz CT molecular complexity index is 358. The molecular formula is C15H28N2O4. The lowest BCUT2D eigenvalue weighted by Crippen LogP contribution is -2.46. The zero-order valence-electron chi connectivity index (χ0n) is 13.4. The lowest BCUT2D eigenvalue weighted by molar-refractivity contribution is -0.138. The van der Waals surface area contributed by atoms with Gasteiger partial charge in [-0.1, -0.05) is 27.7 Å². The van der Waals surface area contributed by atoms with Crippen molar-refractivity contribution in [3.63, 3.8) is 0 Å². The molecule has 6 nitrogen and oxygen atoms in total. The minimum absolute atomic E-state index is 0.0168. The van der Waals surface area contributed by atoms with Crippen molar-refractivity contribution in [2.45, 2.75) is 58.8 Å². The lowest BCUT2D eigenvalue weighted by atomic mass is 10.0. The Labute approximate surface area is 126 Å². The number of nitrogens with one attached hydrogen (secondary N) is 2. The molecule has 1 amide bonds. The smallest absolute Gasteiger partial charge is 0.335 e. The molecule has 0 aromatic rings. The highest BCUT2D eigenvalue weighted by atomic mass is 16.6. The molecule has 1 fully saturated rings. The number of epoxide rings is 1. The molecule has 21 heavy (non-hydrogen) atoms. The highest BCUT2D eigenvalue weighted by Gasteiger charge is 2.45. The van der Waals surface area contributed by atoms with Crippen LogP contribution in [0.15, 0.2) is 0 Å². The number of ether oxygens (including phenoxy) is 1. The predicted octanol–water partition coefficient (Wildman–Crippen LogP) is 1.01. The monoisotopic (exact) mass is 300 g/mol. The van der Waals surface area contributed by atoms with Crippen LogP contribution in [0.25, 0.3) is 0 Å². The van der Waals surface area contributed by atoms with Gasteiger partial charge >= 0.3 is 5.97 Å².